The summed E-state index contributed by atoms with van der Waals surface area (Å²) in [4.78, 5) is 19.8. The molecule has 162 valence electrons. The second-order valence-electron chi connectivity index (χ2n) is 6.79. The van der Waals surface area contributed by atoms with Crippen LogP contribution in [0.15, 0.2) is 47.5 Å². The summed E-state index contributed by atoms with van der Waals surface area (Å²) in [6, 6.07) is 7.98. The van der Waals surface area contributed by atoms with Crippen molar-refractivity contribution in [3.05, 3.63) is 48.2 Å². The first kappa shape index (κ1) is 22.0. The number of piperazine rings is 1. The lowest BCUT2D eigenvalue weighted by atomic mass is 10.2. The van der Waals surface area contributed by atoms with Crippen molar-refractivity contribution in [2.24, 2.45) is 5.14 Å². The van der Waals surface area contributed by atoms with Gasteiger partial charge < -0.3 is 10.2 Å². The molecule has 1 aliphatic heterocycles. The summed E-state index contributed by atoms with van der Waals surface area (Å²) in [6.45, 7) is 2.15. The number of halogens is 3. The first-order chi connectivity index (χ1) is 14.0. The molecular formula is C18H20F3N5O3S. The molecule has 3 rings (SSSR count). The average molecular weight is 443 g/mol. The summed E-state index contributed by atoms with van der Waals surface area (Å²) in [7, 11) is -3.87. The molecule has 0 bridgehead atoms. The van der Waals surface area contributed by atoms with Crippen LogP contribution in [-0.4, -0.2) is 56.9 Å². The number of sulfonamides is 1. The van der Waals surface area contributed by atoms with Crippen LogP contribution < -0.4 is 15.4 Å². The fraction of sp³-hybridized carbons (Fsp3) is 0.333. The van der Waals surface area contributed by atoms with Gasteiger partial charge in [-0.25, -0.2) is 18.5 Å². The van der Waals surface area contributed by atoms with Gasteiger partial charge >= 0.3 is 6.18 Å². The zero-order valence-electron chi connectivity index (χ0n) is 15.8. The zero-order chi connectivity index (χ0) is 21.9. The monoisotopic (exact) mass is 443 g/mol. The normalized spacial score (nSPS) is 15.8. The highest BCUT2D eigenvalue weighted by Crippen LogP contribution is 2.29. The van der Waals surface area contributed by atoms with E-state index in [1.165, 1.54) is 24.3 Å². The number of carbonyl (C=O) groups excluding carboxylic acids is 1. The Balaban J connectivity index is 1.52. The maximum absolute atomic E-state index is 12.6. The highest BCUT2D eigenvalue weighted by molar-refractivity contribution is 7.89. The molecule has 1 amide bonds. The van der Waals surface area contributed by atoms with Gasteiger partial charge in [-0.1, -0.05) is 6.07 Å². The number of hydrogen-bond donors (Lipinski definition) is 2. The van der Waals surface area contributed by atoms with Gasteiger partial charge in [-0.05, 0) is 30.3 Å². The Bertz CT molecular complexity index is 1000. The summed E-state index contributed by atoms with van der Waals surface area (Å²) >= 11 is 0. The molecule has 30 heavy (non-hydrogen) atoms. The Kier molecular flexibility index (Phi) is 6.29. The van der Waals surface area contributed by atoms with Gasteiger partial charge in [0.1, 0.15) is 5.82 Å². The Morgan fingerprint density at radius 1 is 1.13 bits per heavy atom. The Morgan fingerprint density at radius 3 is 2.40 bits per heavy atom. The van der Waals surface area contributed by atoms with Crippen molar-refractivity contribution in [1.29, 1.82) is 0 Å². The number of rotatable bonds is 5. The van der Waals surface area contributed by atoms with Crippen molar-refractivity contribution in [3.8, 4) is 0 Å². The summed E-state index contributed by atoms with van der Waals surface area (Å²) in [6.07, 6.45) is -3.61. The van der Waals surface area contributed by atoms with E-state index in [2.05, 4.69) is 10.3 Å². The molecule has 0 unspecified atom stereocenters. The highest BCUT2D eigenvalue weighted by Gasteiger charge is 2.31. The summed E-state index contributed by atoms with van der Waals surface area (Å²) < 4.78 is 60.7. The standard InChI is InChI=1S/C18H20F3N5O3S/c19-18(20,21)13-4-5-16(23-11-13)26-8-6-25(7-9-26)12-17(27)24-14-2-1-3-15(10-14)30(22,28)29/h1-5,10-11H,6-9,12H2,(H,24,27)(H2,22,28,29). The predicted molar refractivity (Wildman–Crippen MR) is 104 cm³/mol. The number of nitrogens with one attached hydrogen (secondary N) is 1. The maximum atomic E-state index is 12.6. The number of benzene rings is 1. The molecule has 1 aromatic carbocycles. The molecule has 2 heterocycles. The van der Waals surface area contributed by atoms with E-state index < -0.39 is 21.8 Å². The number of alkyl halides is 3. The van der Waals surface area contributed by atoms with Crippen molar-refractivity contribution in [2.45, 2.75) is 11.1 Å². The Morgan fingerprint density at radius 2 is 1.83 bits per heavy atom. The highest BCUT2D eigenvalue weighted by atomic mass is 32.2. The van der Waals surface area contributed by atoms with E-state index in [-0.39, 0.29) is 17.3 Å². The van der Waals surface area contributed by atoms with Crippen molar-refractivity contribution in [3.63, 3.8) is 0 Å². The van der Waals surface area contributed by atoms with Crippen LogP contribution in [0.2, 0.25) is 0 Å². The molecule has 1 aliphatic rings. The van der Waals surface area contributed by atoms with Gasteiger partial charge in [0, 0.05) is 38.1 Å². The number of anilines is 2. The van der Waals surface area contributed by atoms with Crippen LogP contribution in [0.3, 0.4) is 0 Å². The van der Waals surface area contributed by atoms with Crippen molar-refractivity contribution in [2.75, 3.05) is 42.9 Å². The molecule has 8 nitrogen and oxygen atoms in total. The van der Waals surface area contributed by atoms with Crippen molar-refractivity contribution < 1.29 is 26.4 Å². The van der Waals surface area contributed by atoms with Gasteiger partial charge in [0.25, 0.3) is 0 Å². The van der Waals surface area contributed by atoms with Gasteiger partial charge in [0.05, 0.1) is 17.0 Å². The topological polar surface area (TPSA) is 109 Å². The molecule has 0 aliphatic carbocycles. The number of carbonyl (C=O) groups is 1. The second kappa shape index (κ2) is 8.58. The number of pyridine rings is 1. The predicted octanol–water partition coefficient (Wildman–Crippen LogP) is 1.51. The van der Waals surface area contributed by atoms with Gasteiger partial charge in [0.2, 0.25) is 15.9 Å². The number of amides is 1. The van der Waals surface area contributed by atoms with E-state index in [4.69, 9.17) is 5.14 Å². The molecule has 0 radical (unpaired) electrons. The SMILES string of the molecule is NS(=O)(=O)c1cccc(NC(=O)CN2CCN(c3ccc(C(F)(F)F)cn3)CC2)c1. The van der Waals surface area contributed by atoms with Crippen LogP contribution in [0.1, 0.15) is 5.56 Å². The minimum Gasteiger partial charge on any atom is -0.354 e. The number of primary sulfonamides is 1. The first-order valence-electron chi connectivity index (χ1n) is 8.96. The van der Waals surface area contributed by atoms with Crippen LogP contribution in [0.5, 0.6) is 0 Å². The molecule has 0 spiro atoms. The van der Waals surface area contributed by atoms with Gasteiger partial charge in [-0.2, -0.15) is 13.2 Å². The lowest BCUT2D eigenvalue weighted by Crippen LogP contribution is -2.48. The molecule has 12 heteroatoms. The number of hydrogen-bond acceptors (Lipinski definition) is 6. The minimum absolute atomic E-state index is 0.0912. The third kappa shape index (κ3) is 5.68. The quantitative estimate of drug-likeness (QED) is 0.725. The van der Waals surface area contributed by atoms with Crippen LogP contribution in [0.25, 0.3) is 0 Å². The largest absolute Gasteiger partial charge is 0.417 e. The van der Waals surface area contributed by atoms with E-state index in [1.807, 2.05) is 9.80 Å². The van der Waals surface area contributed by atoms with E-state index in [1.54, 1.807) is 6.07 Å². The number of aromatic nitrogens is 1. The molecule has 0 atom stereocenters. The van der Waals surface area contributed by atoms with Gasteiger partial charge in [-0.15, -0.1) is 0 Å². The lowest BCUT2D eigenvalue weighted by molar-refractivity contribution is -0.137. The van der Waals surface area contributed by atoms with Gasteiger partial charge in [0.15, 0.2) is 0 Å². The lowest BCUT2D eigenvalue weighted by Gasteiger charge is -2.35. The Labute approximate surface area is 171 Å². The zero-order valence-corrected chi connectivity index (χ0v) is 16.6. The maximum Gasteiger partial charge on any atom is 0.417 e. The van der Waals surface area contributed by atoms with Crippen molar-refractivity contribution in [1.82, 2.24) is 9.88 Å². The van der Waals surface area contributed by atoms with Crippen LogP contribution in [-0.2, 0) is 21.0 Å². The first-order valence-corrected chi connectivity index (χ1v) is 10.5. The summed E-state index contributed by atoms with van der Waals surface area (Å²) in [5.74, 6) is 0.134. The third-order valence-corrected chi connectivity index (χ3v) is 5.50. The number of nitrogens with zero attached hydrogens (tertiary/aromatic N) is 3. The van der Waals surface area contributed by atoms with Crippen LogP contribution in [0.4, 0.5) is 24.7 Å². The van der Waals surface area contributed by atoms with E-state index in [0.717, 1.165) is 12.3 Å². The second-order valence-corrected chi connectivity index (χ2v) is 8.35. The molecule has 1 aromatic heterocycles. The fourth-order valence-electron chi connectivity index (χ4n) is 3.03. The molecule has 3 N–H and O–H groups in total. The number of nitrogens with two attached hydrogens (primary N) is 1. The van der Waals surface area contributed by atoms with E-state index in [9.17, 15) is 26.4 Å². The van der Waals surface area contributed by atoms with E-state index >= 15 is 0 Å². The Hall–Kier alpha value is -2.70. The molecule has 1 saturated heterocycles. The summed E-state index contributed by atoms with van der Waals surface area (Å²) in [5.41, 5.74) is -0.479. The average Bonchev–Trinajstić information content (AvgIpc) is 2.67. The molecule has 1 fully saturated rings. The smallest absolute Gasteiger partial charge is 0.354 e. The molecule has 2 aromatic rings. The van der Waals surface area contributed by atoms with Crippen LogP contribution >= 0.6 is 0 Å². The van der Waals surface area contributed by atoms with Crippen LogP contribution in [0, 0.1) is 0 Å². The van der Waals surface area contributed by atoms with Gasteiger partial charge in [-0.3, -0.25) is 9.69 Å². The molecule has 0 saturated carbocycles. The van der Waals surface area contributed by atoms with Crippen molar-refractivity contribution >= 4 is 27.4 Å². The third-order valence-electron chi connectivity index (χ3n) is 4.59. The molecular weight excluding hydrogens is 423 g/mol. The minimum atomic E-state index is -4.43. The van der Waals surface area contributed by atoms with E-state index in [0.29, 0.717) is 37.7 Å². The summed E-state index contributed by atoms with van der Waals surface area (Å²) in [5, 5.41) is 7.71. The fourth-order valence-corrected chi connectivity index (χ4v) is 3.59.